The van der Waals surface area contributed by atoms with Gasteiger partial charge in [0.05, 0.1) is 0 Å². The number of halogens is 1. The number of rotatable bonds is 6. The maximum atomic E-state index is 12.9. The van der Waals surface area contributed by atoms with E-state index in [4.69, 9.17) is 0 Å². The van der Waals surface area contributed by atoms with Gasteiger partial charge in [0.15, 0.2) is 0 Å². The van der Waals surface area contributed by atoms with E-state index in [0.29, 0.717) is 23.8 Å². The molecule has 0 aliphatic rings. The molecule has 0 unspecified atom stereocenters. The lowest BCUT2D eigenvalue weighted by Gasteiger charge is -2.17. The molecule has 0 atom stereocenters. The molecule has 1 amide bonds. The summed E-state index contributed by atoms with van der Waals surface area (Å²) in [6.07, 6.45) is 3.32. The third-order valence-corrected chi connectivity index (χ3v) is 3.69. The van der Waals surface area contributed by atoms with E-state index in [0.717, 1.165) is 5.56 Å². The fraction of sp³-hybridized carbons (Fsp3) is 0.125. The minimum atomic E-state index is -0.297. The van der Waals surface area contributed by atoms with E-state index in [9.17, 15) is 9.18 Å². The van der Waals surface area contributed by atoms with Crippen LogP contribution in [0.3, 0.4) is 0 Å². The Labute approximate surface area is 127 Å². The molecular weight excluding hydrogens is 287 g/mol. The number of amides is 1. The van der Waals surface area contributed by atoms with Crippen molar-refractivity contribution in [1.29, 1.82) is 0 Å². The van der Waals surface area contributed by atoms with Crippen molar-refractivity contribution in [3.8, 4) is 10.6 Å². The normalized spacial score (nSPS) is 10.1. The summed E-state index contributed by atoms with van der Waals surface area (Å²) in [5, 5.41) is 2.40. The van der Waals surface area contributed by atoms with Crippen molar-refractivity contribution in [3.63, 3.8) is 0 Å². The summed E-state index contributed by atoms with van der Waals surface area (Å²) in [7, 11) is 0. The third-order valence-electron chi connectivity index (χ3n) is 2.80. The minimum absolute atomic E-state index is 0.167. The van der Waals surface area contributed by atoms with Gasteiger partial charge in [-0.15, -0.1) is 24.5 Å². The van der Waals surface area contributed by atoms with Gasteiger partial charge in [0.25, 0.3) is 5.91 Å². The van der Waals surface area contributed by atoms with Crippen molar-refractivity contribution in [2.24, 2.45) is 0 Å². The first kappa shape index (κ1) is 15.1. The molecule has 2 rings (SSSR count). The number of hydrogen-bond donors (Lipinski definition) is 0. The highest BCUT2D eigenvalue weighted by Gasteiger charge is 2.17. The molecule has 1 aromatic carbocycles. The lowest BCUT2D eigenvalue weighted by Crippen LogP contribution is -2.31. The summed E-state index contributed by atoms with van der Waals surface area (Å²) >= 11 is 1.36. The predicted octanol–water partition coefficient (Wildman–Crippen LogP) is 3.76. The highest BCUT2D eigenvalue weighted by atomic mass is 32.1. The van der Waals surface area contributed by atoms with E-state index in [-0.39, 0.29) is 11.7 Å². The molecule has 0 fully saturated rings. The summed E-state index contributed by atoms with van der Waals surface area (Å²) in [6, 6.07) is 6.04. The molecule has 0 aliphatic heterocycles. The molecule has 0 radical (unpaired) electrons. The molecule has 0 spiro atoms. The first-order valence-corrected chi connectivity index (χ1v) is 7.26. The van der Waals surface area contributed by atoms with Gasteiger partial charge in [0.1, 0.15) is 16.5 Å². The van der Waals surface area contributed by atoms with E-state index in [1.165, 1.54) is 23.5 Å². The number of hydrogen-bond acceptors (Lipinski definition) is 3. The number of benzene rings is 1. The first-order chi connectivity index (χ1) is 10.2. The van der Waals surface area contributed by atoms with Crippen LogP contribution < -0.4 is 0 Å². The van der Waals surface area contributed by atoms with Crippen molar-refractivity contribution < 1.29 is 9.18 Å². The molecule has 21 heavy (non-hydrogen) atoms. The highest BCUT2D eigenvalue weighted by Crippen LogP contribution is 2.24. The van der Waals surface area contributed by atoms with Gasteiger partial charge in [-0.1, -0.05) is 12.2 Å². The number of carbonyl (C=O) groups excluding carboxylic acids is 1. The molecule has 2 aromatic rings. The van der Waals surface area contributed by atoms with E-state index < -0.39 is 0 Å². The molecule has 3 nitrogen and oxygen atoms in total. The summed E-state index contributed by atoms with van der Waals surface area (Å²) in [5.41, 5.74) is 1.17. The van der Waals surface area contributed by atoms with Crippen LogP contribution in [0.2, 0.25) is 0 Å². The number of nitrogens with zero attached hydrogens (tertiary/aromatic N) is 2. The van der Waals surface area contributed by atoms with Crippen LogP contribution in [0.25, 0.3) is 10.6 Å². The van der Waals surface area contributed by atoms with Crippen LogP contribution in [-0.4, -0.2) is 28.9 Å². The Bertz CT molecular complexity index is 639. The fourth-order valence-corrected chi connectivity index (χ4v) is 2.61. The van der Waals surface area contributed by atoms with Crippen LogP contribution in [0, 0.1) is 5.82 Å². The van der Waals surface area contributed by atoms with Gasteiger partial charge >= 0.3 is 0 Å². The maximum absolute atomic E-state index is 12.9. The predicted molar refractivity (Wildman–Crippen MR) is 83.8 cm³/mol. The Hall–Kier alpha value is -2.27. The average Bonchev–Trinajstić information content (AvgIpc) is 2.97. The molecule has 0 bridgehead atoms. The average molecular weight is 302 g/mol. The Kier molecular flexibility index (Phi) is 5.00. The Balaban J connectivity index is 2.22. The van der Waals surface area contributed by atoms with E-state index >= 15 is 0 Å². The summed E-state index contributed by atoms with van der Waals surface area (Å²) in [5.74, 6) is -0.464. The second-order valence-electron chi connectivity index (χ2n) is 4.33. The van der Waals surface area contributed by atoms with Crippen molar-refractivity contribution >= 4 is 17.2 Å². The van der Waals surface area contributed by atoms with Crippen LogP contribution in [0.1, 0.15) is 10.5 Å². The lowest BCUT2D eigenvalue weighted by molar-refractivity contribution is 0.0786. The molecular formula is C16H15FN2OS. The second kappa shape index (κ2) is 6.95. The van der Waals surface area contributed by atoms with Crippen LogP contribution in [-0.2, 0) is 0 Å². The van der Waals surface area contributed by atoms with Crippen molar-refractivity contribution in [2.75, 3.05) is 13.1 Å². The molecule has 5 heteroatoms. The molecule has 0 N–H and O–H groups in total. The lowest BCUT2D eigenvalue weighted by atomic mass is 10.2. The molecule has 1 aromatic heterocycles. The molecule has 0 saturated carbocycles. The van der Waals surface area contributed by atoms with E-state index in [2.05, 4.69) is 18.1 Å². The second-order valence-corrected chi connectivity index (χ2v) is 5.19. The maximum Gasteiger partial charge on any atom is 0.273 e. The van der Waals surface area contributed by atoms with Gasteiger partial charge in [-0.2, -0.15) is 0 Å². The molecule has 0 saturated heterocycles. The van der Waals surface area contributed by atoms with E-state index in [1.807, 2.05) is 0 Å². The zero-order chi connectivity index (χ0) is 15.2. The Morgan fingerprint density at radius 1 is 1.24 bits per heavy atom. The highest BCUT2D eigenvalue weighted by molar-refractivity contribution is 7.13. The number of thiazole rings is 1. The first-order valence-electron chi connectivity index (χ1n) is 6.38. The van der Waals surface area contributed by atoms with Gasteiger partial charge in [-0.3, -0.25) is 4.79 Å². The van der Waals surface area contributed by atoms with Gasteiger partial charge in [0, 0.05) is 24.0 Å². The summed E-state index contributed by atoms with van der Waals surface area (Å²) in [6.45, 7) is 8.15. The number of carbonyl (C=O) groups is 1. The van der Waals surface area contributed by atoms with Gasteiger partial charge in [-0.25, -0.2) is 9.37 Å². The van der Waals surface area contributed by atoms with Crippen molar-refractivity contribution in [2.45, 2.75) is 0 Å². The fourth-order valence-electron chi connectivity index (χ4n) is 1.81. The number of aromatic nitrogens is 1. The largest absolute Gasteiger partial charge is 0.330 e. The van der Waals surface area contributed by atoms with Crippen molar-refractivity contribution in [1.82, 2.24) is 9.88 Å². The third kappa shape index (κ3) is 3.64. The van der Waals surface area contributed by atoms with Gasteiger partial charge < -0.3 is 4.90 Å². The topological polar surface area (TPSA) is 33.2 Å². The van der Waals surface area contributed by atoms with Crippen LogP contribution in [0.5, 0.6) is 0 Å². The summed E-state index contributed by atoms with van der Waals surface area (Å²) < 4.78 is 12.9. The Morgan fingerprint density at radius 3 is 2.43 bits per heavy atom. The monoisotopic (exact) mass is 302 g/mol. The molecule has 108 valence electrons. The molecule has 0 aliphatic carbocycles. The summed E-state index contributed by atoms with van der Waals surface area (Å²) in [4.78, 5) is 18.3. The smallest absolute Gasteiger partial charge is 0.273 e. The van der Waals surface area contributed by atoms with Gasteiger partial charge in [-0.05, 0) is 24.3 Å². The van der Waals surface area contributed by atoms with Gasteiger partial charge in [0.2, 0.25) is 0 Å². The van der Waals surface area contributed by atoms with Crippen LogP contribution >= 0.6 is 11.3 Å². The standard InChI is InChI=1S/C16H15FN2OS/c1-3-9-19(10-4-2)16(20)14-11-21-15(18-14)12-5-7-13(17)8-6-12/h3-8,11H,1-2,9-10H2. The zero-order valence-electron chi connectivity index (χ0n) is 11.5. The van der Waals surface area contributed by atoms with E-state index in [1.54, 1.807) is 34.6 Å². The minimum Gasteiger partial charge on any atom is -0.330 e. The Morgan fingerprint density at radius 2 is 1.86 bits per heavy atom. The SMILES string of the molecule is C=CCN(CC=C)C(=O)c1csc(-c2ccc(F)cc2)n1. The van der Waals surface area contributed by atoms with Crippen molar-refractivity contribution in [3.05, 3.63) is 66.5 Å². The molecule has 1 heterocycles. The quantitative estimate of drug-likeness (QED) is 0.761. The van der Waals surface area contributed by atoms with Crippen LogP contribution in [0.4, 0.5) is 4.39 Å². The van der Waals surface area contributed by atoms with Crippen LogP contribution in [0.15, 0.2) is 55.0 Å². The zero-order valence-corrected chi connectivity index (χ0v) is 12.3.